The summed E-state index contributed by atoms with van der Waals surface area (Å²) >= 11 is 0. The first kappa shape index (κ1) is 19.8. The van der Waals surface area contributed by atoms with Gasteiger partial charge in [0.25, 0.3) is 11.6 Å². The van der Waals surface area contributed by atoms with Gasteiger partial charge < -0.3 is 9.64 Å². The number of benzene rings is 1. The summed E-state index contributed by atoms with van der Waals surface area (Å²) in [5.74, 6) is -0.867. The Balaban J connectivity index is 1.49. The predicted octanol–water partition coefficient (Wildman–Crippen LogP) is 2.78. The number of anilines is 1. The fourth-order valence-electron chi connectivity index (χ4n) is 3.91. The van der Waals surface area contributed by atoms with Crippen LogP contribution in [0.2, 0.25) is 0 Å². The minimum atomic E-state index is -0.758. The molecule has 30 heavy (non-hydrogen) atoms. The second-order valence-corrected chi connectivity index (χ2v) is 7.96. The SMILES string of the molecule is Cc1cc(C)n2nc(C(=O)OCC(=O)/C=C3/N(C)c4ccccc4C3(C)C)nc2n1. The van der Waals surface area contributed by atoms with Crippen molar-refractivity contribution in [3.63, 3.8) is 0 Å². The van der Waals surface area contributed by atoms with Crippen LogP contribution in [-0.2, 0) is 14.9 Å². The van der Waals surface area contributed by atoms with Crippen molar-refractivity contribution in [3.05, 3.63) is 64.9 Å². The Labute approximate surface area is 174 Å². The van der Waals surface area contributed by atoms with Crippen LogP contribution in [0.1, 0.15) is 41.4 Å². The molecular formula is C22H23N5O3. The topological polar surface area (TPSA) is 89.7 Å². The largest absolute Gasteiger partial charge is 0.451 e. The van der Waals surface area contributed by atoms with Crippen LogP contribution in [0.5, 0.6) is 0 Å². The number of carbonyl (C=O) groups is 2. The normalized spacial score (nSPS) is 16.2. The van der Waals surface area contributed by atoms with Crippen molar-refractivity contribution in [1.29, 1.82) is 0 Å². The Morgan fingerprint density at radius 3 is 2.63 bits per heavy atom. The molecule has 0 bridgehead atoms. The zero-order valence-electron chi connectivity index (χ0n) is 17.6. The molecule has 0 amide bonds. The Morgan fingerprint density at radius 2 is 1.90 bits per heavy atom. The van der Waals surface area contributed by atoms with Gasteiger partial charge in [-0.05, 0) is 31.5 Å². The number of esters is 1. The van der Waals surface area contributed by atoms with Crippen LogP contribution in [0.15, 0.2) is 42.1 Å². The van der Waals surface area contributed by atoms with Crippen molar-refractivity contribution in [2.24, 2.45) is 0 Å². The molecule has 0 aliphatic carbocycles. The molecule has 0 N–H and O–H groups in total. The number of fused-ring (bicyclic) bond motifs is 2. The number of allylic oxidation sites excluding steroid dienone is 1. The third-order valence-corrected chi connectivity index (χ3v) is 5.38. The van der Waals surface area contributed by atoms with Crippen LogP contribution < -0.4 is 4.90 Å². The smallest absolute Gasteiger partial charge is 0.378 e. The average Bonchev–Trinajstić information content (AvgIpc) is 3.20. The number of aromatic nitrogens is 4. The second-order valence-electron chi connectivity index (χ2n) is 7.96. The van der Waals surface area contributed by atoms with Gasteiger partial charge in [-0.3, -0.25) is 4.79 Å². The molecule has 1 aromatic carbocycles. The molecule has 1 aliphatic rings. The molecule has 4 rings (SSSR count). The van der Waals surface area contributed by atoms with E-state index in [-0.39, 0.29) is 23.6 Å². The zero-order chi connectivity index (χ0) is 21.6. The molecular weight excluding hydrogens is 382 g/mol. The highest BCUT2D eigenvalue weighted by atomic mass is 16.5. The van der Waals surface area contributed by atoms with E-state index < -0.39 is 5.97 Å². The van der Waals surface area contributed by atoms with Crippen LogP contribution in [0, 0.1) is 13.8 Å². The molecule has 0 saturated carbocycles. The molecule has 8 nitrogen and oxygen atoms in total. The van der Waals surface area contributed by atoms with E-state index in [0.717, 1.165) is 28.3 Å². The maximum atomic E-state index is 12.6. The van der Waals surface area contributed by atoms with Gasteiger partial charge in [0.1, 0.15) is 0 Å². The summed E-state index contributed by atoms with van der Waals surface area (Å²) in [4.78, 5) is 35.3. The lowest BCUT2D eigenvalue weighted by atomic mass is 9.83. The van der Waals surface area contributed by atoms with Crippen molar-refractivity contribution in [2.45, 2.75) is 33.1 Å². The number of ketones is 1. The van der Waals surface area contributed by atoms with Crippen LogP contribution in [0.3, 0.4) is 0 Å². The summed E-state index contributed by atoms with van der Waals surface area (Å²) in [5, 5.41) is 4.13. The Kier molecular flexibility index (Phi) is 4.64. The molecule has 8 heteroatoms. The van der Waals surface area contributed by atoms with Gasteiger partial charge in [-0.2, -0.15) is 4.98 Å². The van der Waals surface area contributed by atoms with Crippen molar-refractivity contribution < 1.29 is 14.3 Å². The Hall–Kier alpha value is -3.55. The fourth-order valence-corrected chi connectivity index (χ4v) is 3.91. The second kappa shape index (κ2) is 7.05. The minimum Gasteiger partial charge on any atom is -0.451 e. The van der Waals surface area contributed by atoms with Crippen LogP contribution in [0.4, 0.5) is 5.69 Å². The highest BCUT2D eigenvalue weighted by Gasteiger charge is 2.38. The van der Waals surface area contributed by atoms with Gasteiger partial charge in [0.15, 0.2) is 12.4 Å². The van der Waals surface area contributed by atoms with Crippen molar-refractivity contribution >= 4 is 23.2 Å². The molecule has 0 fully saturated rings. The fraction of sp³-hybridized carbons (Fsp3) is 0.318. The van der Waals surface area contributed by atoms with Crippen LogP contribution in [0.25, 0.3) is 5.78 Å². The number of aryl methyl sites for hydroxylation is 2. The number of para-hydroxylation sites is 1. The predicted molar refractivity (Wildman–Crippen MR) is 111 cm³/mol. The molecule has 0 spiro atoms. The lowest BCUT2D eigenvalue weighted by Gasteiger charge is -2.23. The van der Waals surface area contributed by atoms with Gasteiger partial charge in [-0.15, -0.1) is 5.10 Å². The van der Waals surface area contributed by atoms with Crippen molar-refractivity contribution in [1.82, 2.24) is 19.6 Å². The molecule has 3 aromatic rings. The lowest BCUT2D eigenvalue weighted by molar-refractivity contribution is -0.117. The van der Waals surface area contributed by atoms with Crippen LogP contribution in [-0.4, -0.2) is 45.0 Å². The summed E-state index contributed by atoms with van der Waals surface area (Å²) in [6.45, 7) is 7.44. The van der Waals surface area contributed by atoms with E-state index in [1.54, 1.807) is 6.08 Å². The molecule has 1 aliphatic heterocycles. The van der Waals surface area contributed by atoms with E-state index in [1.807, 2.05) is 50.1 Å². The molecule has 154 valence electrons. The third kappa shape index (κ3) is 3.24. The van der Waals surface area contributed by atoms with E-state index in [4.69, 9.17) is 4.74 Å². The van der Waals surface area contributed by atoms with E-state index in [0.29, 0.717) is 5.78 Å². The zero-order valence-corrected chi connectivity index (χ0v) is 17.6. The van der Waals surface area contributed by atoms with Gasteiger partial charge in [-0.25, -0.2) is 14.3 Å². The highest BCUT2D eigenvalue weighted by Crippen LogP contribution is 2.46. The first-order valence-electron chi connectivity index (χ1n) is 9.65. The first-order valence-corrected chi connectivity index (χ1v) is 9.65. The Morgan fingerprint density at radius 1 is 1.17 bits per heavy atom. The van der Waals surface area contributed by atoms with Crippen LogP contribution >= 0.6 is 0 Å². The summed E-state index contributed by atoms with van der Waals surface area (Å²) < 4.78 is 6.64. The maximum absolute atomic E-state index is 12.6. The number of hydrogen-bond acceptors (Lipinski definition) is 7. The van der Waals surface area contributed by atoms with E-state index in [2.05, 4.69) is 35.0 Å². The Bertz CT molecular complexity index is 1210. The molecule has 0 radical (unpaired) electrons. The summed E-state index contributed by atoms with van der Waals surface area (Å²) in [6, 6.07) is 9.88. The van der Waals surface area contributed by atoms with Gasteiger partial charge in [0.05, 0.1) is 0 Å². The number of hydrogen-bond donors (Lipinski definition) is 0. The molecule has 0 saturated heterocycles. The maximum Gasteiger partial charge on any atom is 0.378 e. The number of carbonyl (C=O) groups excluding carboxylic acids is 2. The summed E-state index contributed by atoms with van der Waals surface area (Å²) in [6.07, 6.45) is 1.54. The molecule has 2 aromatic heterocycles. The minimum absolute atomic E-state index is 0.123. The monoisotopic (exact) mass is 405 g/mol. The first-order chi connectivity index (χ1) is 14.2. The molecule has 3 heterocycles. The van der Waals surface area contributed by atoms with Crippen molar-refractivity contribution in [3.8, 4) is 0 Å². The van der Waals surface area contributed by atoms with Gasteiger partial charge in [-0.1, -0.05) is 32.0 Å². The van der Waals surface area contributed by atoms with E-state index in [1.165, 1.54) is 4.52 Å². The number of likely N-dealkylation sites (N-methyl/N-ethyl adjacent to an activating group) is 1. The standard InChI is InChI=1S/C22H23N5O3/c1-13-10-14(2)27-21(23-13)24-19(25-27)20(29)30-12-15(28)11-18-22(3,4)16-8-6-7-9-17(16)26(18)5/h6-11H,12H2,1-5H3/b18-11+. The highest BCUT2D eigenvalue weighted by molar-refractivity contribution is 5.95. The average molecular weight is 405 g/mol. The lowest BCUT2D eigenvalue weighted by Crippen LogP contribution is -2.25. The van der Waals surface area contributed by atoms with E-state index >= 15 is 0 Å². The van der Waals surface area contributed by atoms with Gasteiger partial charge >= 0.3 is 5.97 Å². The number of nitrogens with zero attached hydrogens (tertiary/aromatic N) is 5. The summed E-state index contributed by atoms with van der Waals surface area (Å²) in [5.41, 5.74) is 4.32. The van der Waals surface area contributed by atoms with Gasteiger partial charge in [0, 0.05) is 41.3 Å². The van der Waals surface area contributed by atoms with Gasteiger partial charge in [0.2, 0.25) is 0 Å². The summed E-state index contributed by atoms with van der Waals surface area (Å²) in [7, 11) is 1.93. The van der Waals surface area contributed by atoms with E-state index in [9.17, 15) is 9.59 Å². The van der Waals surface area contributed by atoms with Crippen molar-refractivity contribution in [2.75, 3.05) is 18.6 Å². The quantitative estimate of drug-likeness (QED) is 0.487. The third-order valence-electron chi connectivity index (χ3n) is 5.38. The number of rotatable bonds is 4. The number of ether oxygens (including phenoxy) is 1. The molecule has 0 atom stereocenters. The molecule has 0 unspecified atom stereocenters.